The number of hydrogen-bond donors (Lipinski definition) is 1. The fraction of sp³-hybridized carbons (Fsp3) is 0.867. The van der Waals surface area contributed by atoms with Crippen LogP contribution >= 0.6 is 0 Å². The van der Waals surface area contributed by atoms with Crippen LogP contribution in [-0.2, 0) is 6.42 Å². The van der Waals surface area contributed by atoms with Gasteiger partial charge in [-0.1, -0.05) is 24.9 Å². The number of likely N-dealkylation sites (N-methyl/N-ethyl adjacent to an activating group) is 1. The first-order valence-corrected chi connectivity index (χ1v) is 7.76. The van der Waals surface area contributed by atoms with Crippen molar-refractivity contribution in [3.8, 4) is 0 Å². The first kappa shape index (κ1) is 13.1. The summed E-state index contributed by atoms with van der Waals surface area (Å²) in [4.78, 5) is 4.64. The first-order valence-electron chi connectivity index (χ1n) is 7.76. The second kappa shape index (κ2) is 5.61. The maximum absolute atomic E-state index is 5.45. The molecule has 0 bridgehead atoms. The van der Waals surface area contributed by atoms with Crippen molar-refractivity contribution in [3.63, 3.8) is 0 Å². The van der Waals surface area contributed by atoms with Crippen molar-refractivity contribution >= 4 is 0 Å². The minimum absolute atomic E-state index is 0.514. The van der Waals surface area contributed by atoms with E-state index in [0.717, 1.165) is 30.0 Å². The van der Waals surface area contributed by atoms with Gasteiger partial charge < -0.3 is 9.84 Å². The van der Waals surface area contributed by atoms with Crippen molar-refractivity contribution < 1.29 is 4.52 Å². The molecule has 1 aromatic rings. The molecule has 2 fully saturated rings. The van der Waals surface area contributed by atoms with E-state index in [1.54, 1.807) is 0 Å². The third kappa shape index (κ3) is 3.16. The van der Waals surface area contributed by atoms with E-state index in [1.165, 1.54) is 38.5 Å². The Morgan fingerprint density at radius 2 is 1.95 bits per heavy atom. The van der Waals surface area contributed by atoms with Crippen LogP contribution in [0.4, 0.5) is 0 Å². The predicted molar refractivity (Wildman–Crippen MR) is 73.9 cm³/mol. The lowest BCUT2D eigenvalue weighted by Crippen LogP contribution is -2.29. The maximum atomic E-state index is 5.45. The number of hydrogen-bond acceptors (Lipinski definition) is 4. The van der Waals surface area contributed by atoms with Gasteiger partial charge in [-0.25, -0.2) is 0 Å². The lowest BCUT2D eigenvalue weighted by Gasteiger charge is -2.23. The van der Waals surface area contributed by atoms with Crippen LogP contribution in [0.1, 0.15) is 63.1 Å². The molecule has 1 N–H and O–H groups in total. The molecule has 0 amide bonds. The Hall–Kier alpha value is -0.900. The van der Waals surface area contributed by atoms with Crippen molar-refractivity contribution in [2.24, 2.45) is 11.8 Å². The zero-order valence-corrected chi connectivity index (χ0v) is 12.1. The first-order chi connectivity index (χ1) is 9.26. The van der Waals surface area contributed by atoms with Gasteiger partial charge in [0.2, 0.25) is 5.89 Å². The zero-order chi connectivity index (χ0) is 13.2. The fourth-order valence-corrected chi connectivity index (χ4v) is 3.23. The van der Waals surface area contributed by atoms with Gasteiger partial charge in [-0.2, -0.15) is 4.98 Å². The number of nitrogens with one attached hydrogen (secondary N) is 1. The summed E-state index contributed by atoms with van der Waals surface area (Å²) >= 11 is 0. The van der Waals surface area contributed by atoms with E-state index < -0.39 is 0 Å². The molecule has 106 valence electrons. The predicted octanol–water partition coefficient (Wildman–Crippen LogP) is 2.90. The molecule has 19 heavy (non-hydrogen) atoms. The van der Waals surface area contributed by atoms with Gasteiger partial charge in [0.25, 0.3) is 0 Å². The lowest BCUT2D eigenvalue weighted by molar-refractivity contribution is 0.319. The highest BCUT2D eigenvalue weighted by atomic mass is 16.5. The van der Waals surface area contributed by atoms with E-state index in [1.807, 2.05) is 7.05 Å². The van der Waals surface area contributed by atoms with Crippen LogP contribution in [0, 0.1) is 11.8 Å². The van der Waals surface area contributed by atoms with Gasteiger partial charge in [-0.3, -0.25) is 0 Å². The summed E-state index contributed by atoms with van der Waals surface area (Å²) in [6.45, 7) is 2.34. The van der Waals surface area contributed by atoms with Gasteiger partial charge in [0.1, 0.15) is 0 Å². The summed E-state index contributed by atoms with van der Waals surface area (Å²) in [6, 6.07) is 0.514. The summed E-state index contributed by atoms with van der Waals surface area (Å²) in [5.41, 5.74) is 0. The summed E-state index contributed by atoms with van der Waals surface area (Å²) in [7, 11) is 2.03. The molecule has 4 heteroatoms. The number of aromatic nitrogens is 2. The van der Waals surface area contributed by atoms with Crippen LogP contribution in [0.2, 0.25) is 0 Å². The monoisotopic (exact) mass is 263 g/mol. The van der Waals surface area contributed by atoms with Crippen molar-refractivity contribution in [1.82, 2.24) is 15.5 Å². The van der Waals surface area contributed by atoms with Crippen LogP contribution < -0.4 is 5.32 Å². The molecule has 2 saturated carbocycles. The van der Waals surface area contributed by atoms with E-state index in [0.29, 0.717) is 12.0 Å². The van der Waals surface area contributed by atoms with Gasteiger partial charge >= 0.3 is 0 Å². The molecular formula is C15H25N3O. The molecule has 0 aliphatic heterocycles. The molecule has 4 nitrogen and oxygen atoms in total. The normalized spacial score (nSPS) is 29.4. The third-order valence-electron chi connectivity index (χ3n) is 4.82. The molecule has 1 unspecified atom stereocenters. The Balaban J connectivity index is 1.59. The SMILES string of the molecule is CNC(Cc1nc(C2CCC(C)CC2)no1)C1CC1. The van der Waals surface area contributed by atoms with Crippen LogP contribution in [0.5, 0.6) is 0 Å². The second-order valence-corrected chi connectivity index (χ2v) is 6.44. The van der Waals surface area contributed by atoms with Crippen LogP contribution in [0.15, 0.2) is 4.52 Å². The average molecular weight is 263 g/mol. The maximum Gasteiger partial charge on any atom is 0.228 e. The molecule has 0 aromatic carbocycles. The van der Waals surface area contributed by atoms with Crippen molar-refractivity contribution in [2.75, 3.05) is 7.05 Å². The minimum Gasteiger partial charge on any atom is -0.339 e. The van der Waals surface area contributed by atoms with E-state index >= 15 is 0 Å². The number of nitrogens with zero attached hydrogens (tertiary/aromatic N) is 2. The highest BCUT2D eigenvalue weighted by molar-refractivity contribution is 5.00. The Morgan fingerprint density at radius 3 is 2.58 bits per heavy atom. The smallest absolute Gasteiger partial charge is 0.228 e. The largest absolute Gasteiger partial charge is 0.339 e. The molecule has 1 heterocycles. The molecule has 0 saturated heterocycles. The summed E-state index contributed by atoms with van der Waals surface area (Å²) in [6.07, 6.45) is 8.61. The van der Waals surface area contributed by atoms with E-state index in [-0.39, 0.29) is 0 Å². The zero-order valence-electron chi connectivity index (χ0n) is 12.1. The molecule has 2 aliphatic carbocycles. The van der Waals surface area contributed by atoms with Gasteiger partial charge in [0.05, 0.1) is 0 Å². The van der Waals surface area contributed by atoms with Gasteiger partial charge in [0.15, 0.2) is 5.82 Å². The van der Waals surface area contributed by atoms with Gasteiger partial charge in [0, 0.05) is 18.4 Å². The Morgan fingerprint density at radius 1 is 1.21 bits per heavy atom. The second-order valence-electron chi connectivity index (χ2n) is 6.44. The van der Waals surface area contributed by atoms with E-state index in [2.05, 4.69) is 22.4 Å². The van der Waals surface area contributed by atoms with Crippen LogP contribution in [-0.4, -0.2) is 23.2 Å². The third-order valence-corrected chi connectivity index (χ3v) is 4.82. The topological polar surface area (TPSA) is 51.0 Å². The minimum atomic E-state index is 0.514. The Bertz CT molecular complexity index is 405. The van der Waals surface area contributed by atoms with Crippen LogP contribution in [0.25, 0.3) is 0 Å². The quantitative estimate of drug-likeness (QED) is 0.887. The van der Waals surface area contributed by atoms with Crippen molar-refractivity contribution in [2.45, 2.75) is 63.8 Å². The Labute approximate surface area is 115 Å². The van der Waals surface area contributed by atoms with Gasteiger partial charge in [-0.15, -0.1) is 0 Å². The molecule has 1 atom stereocenters. The standard InChI is InChI=1S/C15H25N3O/c1-10-3-5-12(6-4-10)15-17-14(19-18-15)9-13(16-2)11-7-8-11/h10-13,16H,3-9H2,1-2H3. The fourth-order valence-electron chi connectivity index (χ4n) is 3.23. The lowest BCUT2D eigenvalue weighted by atomic mass is 9.83. The Kier molecular flexibility index (Phi) is 3.87. The van der Waals surface area contributed by atoms with E-state index in [4.69, 9.17) is 4.52 Å². The summed E-state index contributed by atoms with van der Waals surface area (Å²) in [5.74, 6) is 3.98. The average Bonchev–Trinajstić information content (AvgIpc) is 3.16. The molecule has 2 aliphatic rings. The molecule has 0 radical (unpaired) electrons. The molecule has 0 spiro atoms. The summed E-state index contributed by atoms with van der Waals surface area (Å²) < 4.78 is 5.45. The van der Waals surface area contributed by atoms with E-state index in [9.17, 15) is 0 Å². The van der Waals surface area contributed by atoms with Gasteiger partial charge in [-0.05, 0) is 44.6 Å². The summed E-state index contributed by atoms with van der Waals surface area (Å²) in [5, 5.41) is 7.60. The van der Waals surface area contributed by atoms with Crippen molar-refractivity contribution in [3.05, 3.63) is 11.7 Å². The van der Waals surface area contributed by atoms with Crippen LogP contribution in [0.3, 0.4) is 0 Å². The van der Waals surface area contributed by atoms with Crippen molar-refractivity contribution in [1.29, 1.82) is 0 Å². The molecule has 3 rings (SSSR count). The number of rotatable bonds is 5. The highest BCUT2D eigenvalue weighted by Crippen LogP contribution is 2.35. The highest BCUT2D eigenvalue weighted by Gasteiger charge is 2.32. The molecular weight excluding hydrogens is 238 g/mol. The molecule has 1 aromatic heterocycles.